The predicted octanol–water partition coefficient (Wildman–Crippen LogP) is 2.77. The van der Waals surface area contributed by atoms with E-state index < -0.39 is 0 Å². The van der Waals surface area contributed by atoms with Crippen LogP contribution >= 0.6 is 11.3 Å². The van der Waals surface area contributed by atoms with Crippen molar-refractivity contribution in [2.24, 2.45) is 5.92 Å². The summed E-state index contributed by atoms with van der Waals surface area (Å²) in [6.07, 6.45) is 2.57. The largest absolute Gasteiger partial charge is 0.355 e. The van der Waals surface area contributed by atoms with Gasteiger partial charge in [0.05, 0.1) is 6.54 Å². The number of carbonyl (C=O) groups is 2. The van der Waals surface area contributed by atoms with Crippen LogP contribution < -0.4 is 5.32 Å². The van der Waals surface area contributed by atoms with Crippen LogP contribution in [-0.4, -0.2) is 78.9 Å². The Labute approximate surface area is 201 Å². The molecular formula is C26H36N4O2S. The molecule has 2 saturated heterocycles. The molecule has 6 nitrogen and oxygen atoms in total. The van der Waals surface area contributed by atoms with E-state index in [-0.39, 0.29) is 17.7 Å². The molecule has 2 aliphatic heterocycles. The molecule has 0 radical (unpaired) electrons. The molecular weight excluding hydrogens is 432 g/mol. The number of benzene rings is 1. The number of rotatable bonds is 8. The van der Waals surface area contributed by atoms with E-state index in [2.05, 4.69) is 57.8 Å². The molecule has 3 heterocycles. The number of piperazine rings is 1. The van der Waals surface area contributed by atoms with Crippen LogP contribution in [0.15, 0.2) is 41.8 Å². The molecule has 0 bridgehead atoms. The molecule has 1 aromatic heterocycles. The molecule has 0 unspecified atom stereocenters. The standard InChI is InChI=1S/C26H36N4O2S/c1-21-5-2-3-6-23(21)19-29-14-16-30(17-15-29)25(31)20-28-12-9-22(10-13-28)26(32)27-11-8-24-7-4-18-33-24/h2-7,18,22H,8-17,19-20H2,1H3,(H,27,32). The van der Waals surface area contributed by atoms with Gasteiger partial charge in [0.15, 0.2) is 0 Å². The van der Waals surface area contributed by atoms with Gasteiger partial charge < -0.3 is 10.2 Å². The zero-order valence-corrected chi connectivity index (χ0v) is 20.5. The highest BCUT2D eigenvalue weighted by Crippen LogP contribution is 2.18. The fraction of sp³-hybridized carbons (Fsp3) is 0.538. The van der Waals surface area contributed by atoms with E-state index >= 15 is 0 Å². The lowest BCUT2D eigenvalue weighted by Gasteiger charge is -2.37. The Hall–Kier alpha value is -2.22. The molecule has 4 rings (SSSR count). The van der Waals surface area contributed by atoms with Crippen LogP contribution in [-0.2, 0) is 22.6 Å². The van der Waals surface area contributed by atoms with Gasteiger partial charge in [-0.15, -0.1) is 11.3 Å². The molecule has 7 heteroatoms. The van der Waals surface area contributed by atoms with Crippen LogP contribution in [0.5, 0.6) is 0 Å². The van der Waals surface area contributed by atoms with E-state index in [4.69, 9.17) is 0 Å². The van der Waals surface area contributed by atoms with Gasteiger partial charge in [-0.1, -0.05) is 30.3 Å². The first-order valence-electron chi connectivity index (χ1n) is 12.2. The summed E-state index contributed by atoms with van der Waals surface area (Å²) < 4.78 is 0. The van der Waals surface area contributed by atoms with Gasteiger partial charge in [0.25, 0.3) is 0 Å². The zero-order chi connectivity index (χ0) is 23.0. The second-order valence-electron chi connectivity index (χ2n) is 9.25. The van der Waals surface area contributed by atoms with Crippen LogP contribution in [0.4, 0.5) is 0 Å². The maximum Gasteiger partial charge on any atom is 0.236 e. The fourth-order valence-electron chi connectivity index (χ4n) is 4.74. The van der Waals surface area contributed by atoms with Crippen LogP contribution in [0.2, 0.25) is 0 Å². The molecule has 0 saturated carbocycles. The number of nitrogens with zero attached hydrogens (tertiary/aromatic N) is 3. The molecule has 0 aliphatic carbocycles. The molecule has 2 aromatic rings. The number of hydrogen-bond donors (Lipinski definition) is 1. The number of thiophene rings is 1. The van der Waals surface area contributed by atoms with Crippen molar-refractivity contribution in [1.29, 1.82) is 0 Å². The predicted molar refractivity (Wildman–Crippen MR) is 133 cm³/mol. The third-order valence-electron chi connectivity index (χ3n) is 6.95. The number of amides is 2. The van der Waals surface area contributed by atoms with Gasteiger partial charge in [-0.05, 0) is 61.8 Å². The van der Waals surface area contributed by atoms with E-state index in [9.17, 15) is 9.59 Å². The molecule has 0 spiro atoms. The maximum absolute atomic E-state index is 12.8. The molecule has 2 fully saturated rings. The lowest BCUT2D eigenvalue weighted by atomic mass is 9.96. The Balaban J connectivity index is 1.12. The summed E-state index contributed by atoms with van der Waals surface area (Å²) in [6.45, 7) is 9.39. The van der Waals surface area contributed by atoms with E-state index in [1.54, 1.807) is 11.3 Å². The molecule has 1 aromatic carbocycles. The normalized spacial score (nSPS) is 18.4. The monoisotopic (exact) mass is 468 g/mol. The van der Waals surface area contributed by atoms with E-state index in [0.717, 1.165) is 65.1 Å². The van der Waals surface area contributed by atoms with Crippen molar-refractivity contribution in [3.05, 3.63) is 57.8 Å². The molecule has 0 atom stereocenters. The summed E-state index contributed by atoms with van der Waals surface area (Å²) in [6, 6.07) is 12.7. The Morgan fingerprint density at radius 3 is 2.42 bits per heavy atom. The van der Waals surface area contributed by atoms with Gasteiger partial charge in [0.1, 0.15) is 0 Å². The fourth-order valence-corrected chi connectivity index (χ4v) is 5.45. The third kappa shape index (κ3) is 6.88. The Morgan fingerprint density at radius 1 is 0.970 bits per heavy atom. The molecule has 2 amide bonds. The minimum atomic E-state index is 0.0738. The quantitative estimate of drug-likeness (QED) is 0.647. The lowest BCUT2D eigenvalue weighted by Crippen LogP contribution is -2.52. The van der Waals surface area contributed by atoms with E-state index in [1.807, 2.05) is 11.0 Å². The number of aryl methyl sites for hydroxylation is 1. The van der Waals surface area contributed by atoms with Gasteiger partial charge >= 0.3 is 0 Å². The van der Waals surface area contributed by atoms with Crippen LogP contribution in [0, 0.1) is 12.8 Å². The van der Waals surface area contributed by atoms with Crippen LogP contribution in [0.25, 0.3) is 0 Å². The van der Waals surface area contributed by atoms with Crippen molar-refractivity contribution in [2.75, 3.05) is 52.4 Å². The second kappa shape index (κ2) is 11.8. The van der Waals surface area contributed by atoms with Crippen molar-refractivity contribution >= 4 is 23.2 Å². The molecule has 1 N–H and O–H groups in total. The number of likely N-dealkylation sites (tertiary alicyclic amines) is 1. The van der Waals surface area contributed by atoms with Gasteiger partial charge in [-0.2, -0.15) is 0 Å². The topological polar surface area (TPSA) is 55.9 Å². The Bertz CT molecular complexity index is 901. The van der Waals surface area contributed by atoms with Gasteiger partial charge in [-0.3, -0.25) is 19.4 Å². The number of piperidine rings is 1. The summed E-state index contributed by atoms with van der Waals surface area (Å²) in [5.74, 6) is 0.469. The minimum Gasteiger partial charge on any atom is -0.355 e. The summed E-state index contributed by atoms with van der Waals surface area (Å²) in [7, 11) is 0. The SMILES string of the molecule is Cc1ccccc1CN1CCN(C(=O)CN2CCC(C(=O)NCCc3cccs3)CC2)CC1. The number of nitrogens with one attached hydrogen (secondary N) is 1. The van der Waals surface area contributed by atoms with Gasteiger partial charge in [-0.25, -0.2) is 0 Å². The zero-order valence-electron chi connectivity index (χ0n) is 19.7. The van der Waals surface area contributed by atoms with Crippen molar-refractivity contribution in [3.63, 3.8) is 0 Å². The number of hydrogen-bond acceptors (Lipinski definition) is 5. The second-order valence-corrected chi connectivity index (χ2v) is 10.3. The highest BCUT2D eigenvalue weighted by Gasteiger charge is 2.28. The Morgan fingerprint density at radius 2 is 1.73 bits per heavy atom. The van der Waals surface area contributed by atoms with Crippen LogP contribution in [0.1, 0.15) is 28.8 Å². The van der Waals surface area contributed by atoms with Crippen molar-refractivity contribution in [2.45, 2.75) is 32.7 Å². The molecule has 178 valence electrons. The molecule has 2 aliphatic rings. The van der Waals surface area contributed by atoms with Gasteiger partial charge in [0, 0.05) is 50.1 Å². The maximum atomic E-state index is 12.8. The average molecular weight is 469 g/mol. The average Bonchev–Trinajstić information content (AvgIpc) is 3.35. The summed E-state index contributed by atoms with van der Waals surface area (Å²) >= 11 is 1.73. The summed E-state index contributed by atoms with van der Waals surface area (Å²) in [5.41, 5.74) is 2.70. The smallest absolute Gasteiger partial charge is 0.236 e. The summed E-state index contributed by atoms with van der Waals surface area (Å²) in [4.78, 5) is 33.3. The third-order valence-corrected chi connectivity index (χ3v) is 7.88. The first kappa shape index (κ1) is 23.9. The first-order chi connectivity index (χ1) is 16.1. The van der Waals surface area contributed by atoms with Crippen molar-refractivity contribution in [3.8, 4) is 0 Å². The van der Waals surface area contributed by atoms with E-state index in [1.165, 1.54) is 16.0 Å². The van der Waals surface area contributed by atoms with Gasteiger partial charge in [0.2, 0.25) is 11.8 Å². The van der Waals surface area contributed by atoms with Crippen molar-refractivity contribution < 1.29 is 9.59 Å². The van der Waals surface area contributed by atoms with Crippen LogP contribution in [0.3, 0.4) is 0 Å². The number of carbonyl (C=O) groups excluding carboxylic acids is 2. The highest BCUT2D eigenvalue weighted by molar-refractivity contribution is 7.09. The van der Waals surface area contributed by atoms with E-state index in [0.29, 0.717) is 13.1 Å². The molecule has 33 heavy (non-hydrogen) atoms. The first-order valence-corrected chi connectivity index (χ1v) is 13.0. The minimum absolute atomic E-state index is 0.0738. The lowest BCUT2D eigenvalue weighted by molar-refractivity contribution is -0.134. The Kier molecular flexibility index (Phi) is 8.53. The highest BCUT2D eigenvalue weighted by atomic mass is 32.1. The van der Waals surface area contributed by atoms with Crippen molar-refractivity contribution in [1.82, 2.24) is 20.0 Å². The summed E-state index contributed by atoms with van der Waals surface area (Å²) in [5, 5.41) is 5.16.